The van der Waals surface area contributed by atoms with E-state index >= 15 is 0 Å². The summed E-state index contributed by atoms with van der Waals surface area (Å²) in [6.45, 7) is 2.54. The van der Waals surface area contributed by atoms with E-state index in [2.05, 4.69) is 10.6 Å². The predicted molar refractivity (Wildman–Crippen MR) is 59.7 cm³/mol. The average molecular weight is 222 g/mol. The molecule has 86 valence electrons. The third-order valence-corrected chi connectivity index (χ3v) is 2.83. The molecule has 1 unspecified atom stereocenters. The van der Waals surface area contributed by atoms with Gasteiger partial charge in [0.15, 0.2) is 0 Å². The molecule has 1 fully saturated rings. The Morgan fingerprint density at radius 3 is 3.00 bits per heavy atom. The molecule has 3 nitrogen and oxygen atoms in total. The van der Waals surface area contributed by atoms with E-state index in [4.69, 9.17) is 0 Å². The van der Waals surface area contributed by atoms with Gasteiger partial charge in [-0.05, 0) is 37.6 Å². The Hall–Kier alpha value is -1.42. The standard InChI is InChI=1S/C12H15FN2O/c13-11-4-2-1-3-10(11)12(16)15-8-9-5-6-14-7-9/h1-4,9,14H,5-8H2,(H,15,16). The van der Waals surface area contributed by atoms with Crippen LogP contribution in [-0.4, -0.2) is 25.5 Å². The van der Waals surface area contributed by atoms with Crippen molar-refractivity contribution in [3.05, 3.63) is 35.6 Å². The second-order valence-electron chi connectivity index (χ2n) is 4.05. The van der Waals surface area contributed by atoms with Crippen molar-refractivity contribution in [2.45, 2.75) is 6.42 Å². The molecular weight excluding hydrogens is 207 g/mol. The first-order valence-corrected chi connectivity index (χ1v) is 5.51. The van der Waals surface area contributed by atoms with Gasteiger partial charge in [-0.2, -0.15) is 0 Å². The van der Waals surface area contributed by atoms with Gasteiger partial charge in [0.1, 0.15) is 5.82 Å². The first-order valence-electron chi connectivity index (χ1n) is 5.51. The Labute approximate surface area is 94.0 Å². The van der Waals surface area contributed by atoms with E-state index in [-0.39, 0.29) is 11.5 Å². The van der Waals surface area contributed by atoms with Gasteiger partial charge in [-0.15, -0.1) is 0 Å². The summed E-state index contributed by atoms with van der Waals surface area (Å²) in [5, 5.41) is 5.98. The van der Waals surface area contributed by atoms with Crippen LogP contribution >= 0.6 is 0 Å². The highest BCUT2D eigenvalue weighted by molar-refractivity contribution is 5.94. The normalized spacial score (nSPS) is 19.7. The van der Waals surface area contributed by atoms with Crippen molar-refractivity contribution < 1.29 is 9.18 Å². The first kappa shape index (κ1) is 11.1. The summed E-state index contributed by atoms with van der Waals surface area (Å²) >= 11 is 0. The Morgan fingerprint density at radius 2 is 2.31 bits per heavy atom. The van der Waals surface area contributed by atoms with E-state index in [9.17, 15) is 9.18 Å². The van der Waals surface area contributed by atoms with E-state index in [0.29, 0.717) is 12.5 Å². The van der Waals surface area contributed by atoms with Crippen LogP contribution in [-0.2, 0) is 0 Å². The lowest BCUT2D eigenvalue weighted by atomic mass is 10.1. The molecule has 1 atom stereocenters. The number of carbonyl (C=O) groups excluding carboxylic acids is 1. The molecule has 1 aliphatic heterocycles. The van der Waals surface area contributed by atoms with Crippen LogP contribution in [0.25, 0.3) is 0 Å². The van der Waals surface area contributed by atoms with E-state index in [0.717, 1.165) is 19.5 Å². The van der Waals surface area contributed by atoms with Crippen molar-refractivity contribution in [3.63, 3.8) is 0 Å². The van der Waals surface area contributed by atoms with E-state index in [1.165, 1.54) is 12.1 Å². The molecule has 0 radical (unpaired) electrons. The topological polar surface area (TPSA) is 41.1 Å². The minimum absolute atomic E-state index is 0.119. The van der Waals surface area contributed by atoms with Crippen LogP contribution in [0.2, 0.25) is 0 Å². The molecule has 16 heavy (non-hydrogen) atoms. The Morgan fingerprint density at radius 1 is 1.50 bits per heavy atom. The number of hydrogen-bond donors (Lipinski definition) is 2. The SMILES string of the molecule is O=C(NCC1CCNC1)c1ccccc1F. The zero-order valence-corrected chi connectivity index (χ0v) is 9.00. The molecule has 2 N–H and O–H groups in total. The fraction of sp³-hybridized carbons (Fsp3) is 0.417. The van der Waals surface area contributed by atoms with Crippen molar-refractivity contribution >= 4 is 5.91 Å². The first-order chi connectivity index (χ1) is 7.77. The van der Waals surface area contributed by atoms with E-state index in [1.54, 1.807) is 12.1 Å². The number of hydrogen-bond acceptors (Lipinski definition) is 2. The smallest absolute Gasteiger partial charge is 0.254 e. The number of benzene rings is 1. The van der Waals surface area contributed by atoms with E-state index < -0.39 is 5.82 Å². The molecule has 1 saturated heterocycles. The molecule has 1 aliphatic rings. The van der Waals surface area contributed by atoms with Gasteiger partial charge in [-0.3, -0.25) is 4.79 Å². The summed E-state index contributed by atoms with van der Waals surface area (Å²) < 4.78 is 13.3. The molecule has 1 amide bonds. The Kier molecular flexibility index (Phi) is 3.51. The molecule has 0 aromatic heterocycles. The number of halogens is 1. The molecule has 1 aromatic rings. The number of rotatable bonds is 3. The molecule has 2 rings (SSSR count). The largest absolute Gasteiger partial charge is 0.352 e. The van der Waals surface area contributed by atoms with Crippen LogP contribution in [0.3, 0.4) is 0 Å². The molecule has 0 saturated carbocycles. The van der Waals surface area contributed by atoms with Gasteiger partial charge < -0.3 is 10.6 Å². The number of carbonyl (C=O) groups is 1. The zero-order chi connectivity index (χ0) is 11.4. The quantitative estimate of drug-likeness (QED) is 0.806. The molecule has 0 spiro atoms. The molecule has 0 aliphatic carbocycles. The van der Waals surface area contributed by atoms with Gasteiger partial charge in [0.25, 0.3) is 5.91 Å². The van der Waals surface area contributed by atoms with Gasteiger partial charge >= 0.3 is 0 Å². The van der Waals surface area contributed by atoms with E-state index in [1.807, 2.05) is 0 Å². The maximum Gasteiger partial charge on any atom is 0.254 e. The molecule has 0 bridgehead atoms. The maximum atomic E-state index is 13.3. The van der Waals surface area contributed by atoms with Crippen molar-refractivity contribution in [2.75, 3.05) is 19.6 Å². The minimum Gasteiger partial charge on any atom is -0.352 e. The van der Waals surface area contributed by atoms with Gasteiger partial charge in [0.2, 0.25) is 0 Å². The van der Waals surface area contributed by atoms with Crippen molar-refractivity contribution in [1.82, 2.24) is 10.6 Å². The molecule has 1 heterocycles. The van der Waals surface area contributed by atoms with Gasteiger partial charge in [0, 0.05) is 6.54 Å². The van der Waals surface area contributed by atoms with Crippen LogP contribution in [0.4, 0.5) is 4.39 Å². The predicted octanol–water partition coefficient (Wildman–Crippen LogP) is 1.17. The summed E-state index contributed by atoms with van der Waals surface area (Å²) in [5.41, 5.74) is 0.119. The van der Waals surface area contributed by atoms with Crippen molar-refractivity contribution in [2.24, 2.45) is 5.92 Å². The lowest BCUT2D eigenvalue weighted by Gasteiger charge is -2.10. The molecule has 4 heteroatoms. The summed E-state index contributed by atoms with van der Waals surface area (Å²) in [7, 11) is 0. The molecular formula is C12H15FN2O. The number of amides is 1. The number of nitrogens with one attached hydrogen (secondary N) is 2. The van der Waals surface area contributed by atoms with Crippen molar-refractivity contribution in [1.29, 1.82) is 0 Å². The monoisotopic (exact) mass is 222 g/mol. The fourth-order valence-corrected chi connectivity index (χ4v) is 1.87. The lowest BCUT2D eigenvalue weighted by Crippen LogP contribution is -2.30. The Bertz CT molecular complexity index is 375. The summed E-state index contributed by atoms with van der Waals surface area (Å²) in [4.78, 5) is 11.7. The summed E-state index contributed by atoms with van der Waals surface area (Å²) in [5.74, 6) is -0.328. The van der Waals surface area contributed by atoms with Crippen LogP contribution < -0.4 is 10.6 Å². The highest BCUT2D eigenvalue weighted by atomic mass is 19.1. The Balaban J connectivity index is 1.90. The van der Waals surface area contributed by atoms with Gasteiger partial charge in [-0.25, -0.2) is 4.39 Å². The van der Waals surface area contributed by atoms with Crippen LogP contribution in [0.15, 0.2) is 24.3 Å². The lowest BCUT2D eigenvalue weighted by molar-refractivity contribution is 0.0944. The highest BCUT2D eigenvalue weighted by Gasteiger charge is 2.16. The second kappa shape index (κ2) is 5.07. The molecule has 1 aromatic carbocycles. The average Bonchev–Trinajstić information content (AvgIpc) is 2.79. The minimum atomic E-state index is -0.468. The van der Waals surface area contributed by atoms with Crippen LogP contribution in [0, 0.1) is 11.7 Å². The van der Waals surface area contributed by atoms with Crippen LogP contribution in [0.5, 0.6) is 0 Å². The van der Waals surface area contributed by atoms with Crippen molar-refractivity contribution in [3.8, 4) is 0 Å². The van der Waals surface area contributed by atoms with Gasteiger partial charge in [-0.1, -0.05) is 12.1 Å². The zero-order valence-electron chi connectivity index (χ0n) is 9.00. The third kappa shape index (κ3) is 2.58. The summed E-state index contributed by atoms with van der Waals surface area (Å²) in [6.07, 6.45) is 1.07. The highest BCUT2D eigenvalue weighted by Crippen LogP contribution is 2.08. The van der Waals surface area contributed by atoms with Crippen LogP contribution in [0.1, 0.15) is 16.8 Å². The fourth-order valence-electron chi connectivity index (χ4n) is 1.87. The maximum absolute atomic E-state index is 13.3. The summed E-state index contributed by atoms with van der Waals surface area (Å²) in [6, 6.07) is 6.03. The second-order valence-corrected chi connectivity index (χ2v) is 4.05. The van der Waals surface area contributed by atoms with Gasteiger partial charge in [0.05, 0.1) is 5.56 Å². The third-order valence-electron chi connectivity index (χ3n) is 2.83.